The van der Waals surface area contributed by atoms with Gasteiger partial charge < -0.3 is 0 Å². The second kappa shape index (κ2) is 9.67. The first-order valence-electron chi connectivity index (χ1n) is 11.5. The van der Waals surface area contributed by atoms with E-state index < -0.39 is 35.0 Å². The quantitative estimate of drug-likeness (QED) is 0.120. The van der Waals surface area contributed by atoms with E-state index in [1.54, 1.807) is 31.2 Å². The van der Waals surface area contributed by atoms with Gasteiger partial charge in [-0.25, -0.2) is 0 Å². The van der Waals surface area contributed by atoms with Gasteiger partial charge in [-0.1, -0.05) is 105 Å². The molecule has 2 aliphatic carbocycles. The van der Waals surface area contributed by atoms with Crippen LogP contribution in [0.4, 0.5) is 0 Å². The van der Waals surface area contributed by atoms with Gasteiger partial charge in [-0.2, -0.15) is 0 Å². The number of para-hydroxylation sites is 1. The molecule has 0 N–H and O–H groups in total. The van der Waals surface area contributed by atoms with Crippen LogP contribution >= 0.6 is 81.2 Å². The van der Waals surface area contributed by atoms with E-state index in [1.807, 2.05) is 0 Å². The van der Waals surface area contributed by atoms with Crippen LogP contribution in [0.3, 0.4) is 0 Å². The van der Waals surface area contributed by atoms with Crippen molar-refractivity contribution in [1.29, 1.82) is 0 Å². The Morgan fingerprint density at radius 2 is 1.02 bits per heavy atom. The molecule has 2 aliphatic rings. The number of carbonyl (C=O) groups excluding carboxylic acids is 4. The number of fused-ring (bicyclic) bond motifs is 3. The van der Waals surface area contributed by atoms with Crippen molar-refractivity contribution >= 4 is 115 Å². The Bertz CT molecular complexity index is 1840. The van der Waals surface area contributed by atoms with E-state index in [2.05, 4.69) is 4.98 Å². The monoisotopic (exact) mass is 669 g/mol. The third-order valence-electron chi connectivity index (χ3n) is 7.22. The van der Waals surface area contributed by atoms with E-state index in [0.29, 0.717) is 10.9 Å². The van der Waals surface area contributed by atoms with Crippen LogP contribution in [0.15, 0.2) is 30.3 Å². The number of Topliss-reactive ketones (excluding diaryl/α,β-unsaturated/α-hetero) is 4. The molecule has 1 aromatic heterocycles. The summed E-state index contributed by atoms with van der Waals surface area (Å²) in [6, 6.07) is 8.08. The highest BCUT2D eigenvalue weighted by Gasteiger charge is 2.47. The highest BCUT2D eigenvalue weighted by Crippen LogP contribution is 2.49. The van der Waals surface area contributed by atoms with E-state index in [4.69, 9.17) is 81.2 Å². The SMILES string of the molecule is Cc1c(Cl)c(Cl)c2c(c1Cl)C(=O)C(c1ccc3cccc(C4C(=O)c5c(Cl)c(Cl)c(Cl)c(Cl)c5C4=O)c3n1)C2=O. The zero-order valence-corrected chi connectivity index (χ0v) is 25.1. The minimum absolute atomic E-state index is 0.0200. The van der Waals surface area contributed by atoms with Gasteiger partial charge >= 0.3 is 0 Å². The zero-order valence-electron chi connectivity index (χ0n) is 19.8. The maximum absolute atomic E-state index is 13.6. The second-order valence-electron chi connectivity index (χ2n) is 9.30. The van der Waals surface area contributed by atoms with E-state index in [-0.39, 0.29) is 74.2 Å². The maximum atomic E-state index is 13.6. The van der Waals surface area contributed by atoms with Gasteiger partial charge in [-0.15, -0.1) is 0 Å². The van der Waals surface area contributed by atoms with E-state index in [1.165, 1.54) is 6.07 Å². The van der Waals surface area contributed by atoms with Gasteiger partial charge in [0.05, 0.1) is 68.6 Å². The van der Waals surface area contributed by atoms with Gasteiger partial charge in [0.1, 0.15) is 11.8 Å². The topological polar surface area (TPSA) is 81.2 Å². The largest absolute Gasteiger partial charge is 0.293 e. The molecule has 6 rings (SSSR count). The Morgan fingerprint density at radius 3 is 1.57 bits per heavy atom. The van der Waals surface area contributed by atoms with E-state index in [0.717, 1.165) is 0 Å². The Kier molecular flexibility index (Phi) is 6.75. The Balaban J connectivity index is 1.52. The standard InChI is InChI=1S/C28H10Cl7NO4/c1-7-17(29)13-14(19(31)18(7)30)28(40)12(27(13)39)10-6-5-8-3-2-4-9(24(8)36-10)11-25(37)15-16(26(11)38)21(33)23(35)22(34)20(15)32/h2-6,11-12H,1H3. The Morgan fingerprint density at radius 1 is 0.550 bits per heavy atom. The van der Waals surface area contributed by atoms with Crippen molar-refractivity contribution in [3.8, 4) is 0 Å². The Hall–Kier alpha value is -2.22. The first-order chi connectivity index (χ1) is 18.9. The van der Waals surface area contributed by atoms with Crippen molar-refractivity contribution in [3.05, 3.63) is 105 Å². The normalized spacial score (nSPS) is 16.9. The average Bonchev–Trinajstić information content (AvgIpc) is 3.35. The van der Waals surface area contributed by atoms with Gasteiger partial charge in [-0.3, -0.25) is 24.2 Å². The van der Waals surface area contributed by atoms with Gasteiger partial charge in [0.2, 0.25) is 0 Å². The van der Waals surface area contributed by atoms with E-state index >= 15 is 0 Å². The molecule has 0 saturated heterocycles. The van der Waals surface area contributed by atoms with Gasteiger partial charge in [0, 0.05) is 5.39 Å². The summed E-state index contributed by atoms with van der Waals surface area (Å²) in [6.45, 7) is 1.59. The van der Waals surface area contributed by atoms with Crippen LogP contribution in [0.25, 0.3) is 10.9 Å². The van der Waals surface area contributed by atoms with Crippen LogP contribution < -0.4 is 0 Å². The van der Waals surface area contributed by atoms with Crippen molar-refractivity contribution in [3.63, 3.8) is 0 Å². The highest BCUT2D eigenvalue weighted by molar-refractivity contribution is 6.56. The van der Waals surface area contributed by atoms with Crippen molar-refractivity contribution in [2.45, 2.75) is 18.8 Å². The molecular weight excluding hydrogens is 662 g/mol. The minimum Gasteiger partial charge on any atom is -0.293 e. The van der Waals surface area contributed by atoms with Gasteiger partial charge in [0.25, 0.3) is 0 Å². The van der Waals surface area contributed by atoms with Crippen molar-refractivity contribution in [1.82, 2.24) is 4.98 Å². The molecule has 4 aromatic rings. The van der Waals surface area contributed by atoms with E-state index in [9.17, 15) is 19.2 Å². The number of ketones is 4. The molecule has 200 valence electrons. The van der Waals surface area contributed by atoms with Crippen LogP contribution in [-0.2, 0) is 0 Å². The molecule has 0 amide bonds. The number of pyridine rings is 1. The number of benzene rings is 3. The number of hydrogen-bond donors (Lipinski definition) is 0. The first-order valence-corrected chi connectivity index (χ1v) is 14.1. The molecule has 1 unspecified atom stereocenters. The predicted octanol–water partition coefficient (Wildman–Crippen LogP) is 9.44. The van der Waals surface area contributed by atoms with Crippen molar-refractivity contribution < 1.29 is 19.2 Å². The molecule has 40 heavy (non-hydrogen) atoms. The molecule has 3 aromatic carbocycles. The number of nitrogens with zero attached hydrogens (tertiary/aromatic N) is 1. The summed E-state index contributed by atoms with van der Waals surface area (Å²) in [5, 5.41) is -0.0281. The van der Waals surface area contributed by atoms with Crippen molar-refractivity contribution in [2.24, 2.45) is 0 Å². The number of halogens is 7. The molecule has 0 bridgehead atoms. The molecule has 12 heteroatoms. The molecule has 0 radical (unpaired) electrons. The summed E-state index contributed by atoms with van der Waals surface area (Å²) in [6.07, 6.45) is 0. The number of aromatic nitrogens is 1. The van der Waals surface area contributed by atoms with Crippen LogP contribution in [0.2, 0.25) is 35.2 Å². The smallest absolute Gasteiger partial charge is 0.182 e. The van der Waals surface area contributed by atoms with Crippen LogP contribution in [-0.4, -0.2) is 28.1 Å². The molecule has 0 aliphatic heterocycles. The number of rotatable bonds is 2. The lowest BCUT2D eigenvalue weighted by atomic mass is 9.91. The fourth-order valence-electron chi connectivity index (χ4n) is 5.28. The lowest BCUT2D eigenvalue weighted by molar-refractivity contribution is 0.0872. The first kappa shape index (κ1) is 27.9. The third-order valence-corrected chi connectivity index (χ3v) is 10.4. The average molecular weight is 673 g/mol. The summed E-state index contributed by atoms with van der Waals surface area (Å²) in [5.74, 6) is -5.17. The number of carbonyl (C=O) groups is 4. The molecule has 0 spiro atoms. The zero-order chi connectivity index (χ0) is 28.9. The number of hydrogen-bond acceptors (Lipinski definition) is 5. The predicted molar refractivity (Wildman–Crippen MR) is 157 cm³/mol. The summed E-state index contributed by atoms with van der Waals surface area (Å²) >= 11 is 44.0. The maximum Gasteiger partial charge on any atom is 0.182 e. The fourth-order valence-corrected chi connectivity index (χ4v) is 7.17. The van der Waals surface area contributed by atoms with Gasteiger partial charge in [0.15, 0.2) is 23.1 Å². The molecule has 5 nitrogen and oxygen atoms in total. The lowest BCUT2D eigenvalue weighted by Gasteiger charge is -2.13. The van der Waals surface area contributed by atoms with Crippen molar-refractivity contribution in [2.75, 3.05) is 0 Å². The molecule has 1 heterocycles. The summed E-state index contributed by atoms with van der Waals surface area (Å²) < 4.78 is 0. The molecular formula is C28H10Cl7NO4. The van der Waals surface area contributed by atoms with Crippen LogP contribution in [0.1, 0.15) is 70.1 Å². The minimum atomic E-state index is -1.36. The third kappa shape index (κ3) is 3.66. The molecule has 0 fully saturated rings. The summed E-state index contributed by atoms with van der Waals surface area (Å²) in [7, 11) is 0. The molecule has 1 atom stereocenters. The Labute approximate surface area is 261 Å². The van der Waals surface area contributed by atoms with Gasteiger partial charge in [-0.05, 0) is 24.1 Å². The fraction of sp³-hybridized carbons (Fsp3) is 0.107. The highest BCUT2D eigenvalue weighted by atomic mass is 35.5. The summed E-state index contributed by atoms with van der Waals surface area (Å²) in [5.41, 5.74) is 0.579. The lowest BCUT2D eigenvalue weighted by Crippen LogP contribution is -2.16. The summed E-state index contributed by atoms with van der Waals surface area (Å²) in [4.78, 5) is 58.8. The van der Waals surface area contributed by atoms with Crippen LogP contribution in [0.5, 0.6) is 0 Å². The molecule has 0 saturated carbocycles. The second-order valence-corrected chi connectivity index (χ2v) is 11.9. The van der Waals surface area contributed by atoms with Crippen LogP contribution in [0, 0.1) is 6.92 Å².